The summed E-state index contributed by atoms with van der Waals surface area (Å²) < 4.78 is 36.2. The summed E-state index contributed by atoms with van der Waals surface area (Å²) in [5, 5.41) is 16.7. The first-order valence-electron chi connectivity index (χ1n) is 15.2. The van der Waals surface area contributed by atoms with Gasteiger partial charge in [-0.3, -0.25) is 14.5 Å². The Balaban J connectivity index is 1.43. The minimum absolute atomic E-state index is 0.110. The van der Waals surface area contributed by atoms with Crippen LogP contribution in [-0.4, -0.2) is 93.1 Å². The molecule has 43 heavy (non-hydrogen) atoms. The lowest BCUT2D eigenvalue weighted by molar-refractivity contribution is -0.133. The van der Waals surface area contributed by atoms with E-state index in [-0.39, 0.29) is 41.4 Å². The molecule has 2 amide bonds. The fraction of sp³-hybridized carbons (Fsp3) is 0.562. The molecule has 3 N–H and O–H groups in total. The highest BCUT2D eigenvalue weighted by molar-refractivity contribution is 7.90. The lowest BCUT2D eigenvalue weighted by Crippen LogP contribution is -2.50. The van der Waals surface area contributed by atoms with Crippen LogP contribution < -0.4 is 15.4 Å². The number of carbonyl (C=O) groups excluding carboxylic acids is 2. The first-order valence-corrected chi connectivity index (χ1v) is 17.1. The predicted molar refractivity (Wildman–Crippen MR) is 163 cm³/mol. The number of hydrogen-bond acceptors (Lipinski definition) is 8. The lowest BCUT2D eigenvalue weighted by atomic mass is 9.99. The third-order valence-electron chi connectivity index (χ3n) is 8.63. The van der Waals surface area contributed by atoms with Crippen LogP contribution in [-0.2, 0) is 19.4 Å². The molecule has 3 aliphatic heterocycles. The fourth-order valence-electron chi connectivity index (χ4n) is 6.08. The highest BCUT2D eigenvalue weighted by Gasteiger charge is 2.38. The van der Waals surface area contributed by atoms with Gasteiger partial charge >= 0.3 is 0 Å². The van der Waals surface area contributed by atoms with Gasteiger partial charge in [0.05, 0.1) is 35.3 Å². The number of nitrogens with zero attached hydrogens (tertiary/aromatic N) is 1. The largest absolute Gasteiger partial charge is 0.493 e. The molecule has 2 fully saturated rings. The third kappa shape index (κ3) is 7.75. The zero-order valence-corrected chi connectivity index (χ0v) is 25.9. The number of benzene rings is 2. The van der Waals surface area contributed by atoms with Crippen molar-refractivity contribution in [3.8, 4) is 16.9 Å². The van der Waals surface area contributed by atoms with Crippen molar-refractivity contribution in [1.82, 2.24) is 15.5 Å². The molecular formula is C32H43N3O7S. The van der Waals surface area contributed by atoms with E-state index in [4.69, 9.17) is 9.47 Å². The Hall–Kier alpha value is -2.99. The highest BCUT2D eigenvalue weighted by Crippen LogP contribution is 2.30. The molecule has 3 aliphatic rings. The second-order valence-electron chi connectivity index (χ2n) is 12.4. The molecule has 0 radical (unpaired) electrons. The minimum Gasteiger partial charge on any atom is -0.493 e. The molecule has 2 saturated heterocycles. The lowest BCUT2D eigenvalue weighted by Gasteiger charge is -2.34. The monoisotopic (exact) mass is 613 g/mol. The molecule has 3 heterocycles. The van der Waals surface area contributed by atoms with Gasteiger partial charge in [0.25, 0.3) is 5.91 Å². The summed E-state index contributed by atoms with van der Waals surface area (Å²) in [6.07, 6.45) is 3.08. The number of aliphatic hydroxyl groups excluding tert-OH is 1. The fourth-order valence-corrected chi connectivity index (χ4v) is 6.71. The summed E-state index contributed by atoms with van der Waals surface area (Å²) in [7, 11) is -3.32. The van der Waals surface area contributed by atoms with E-state index in [9.17, 15) is 23.1 Å². The van der Waals surface area contributed by atoms with Crippen LogP contribution in [0.15, 0.2) is 47.4 Å². The van der Waals surface area contributed by atoms with Gasteiger partial charge in [0.1, 0.15) is 11.9 Å². The van der Waals surface area contributed by atoms with E-state index in [1.807, 2.05) is 12.1 Å². The number of rotatable bonds is 5. The molecule has 0 unspecified atom stereocenters. The van der Waals surface area contributed by atoms with Crippen LogP contribution in [0, 0.1) is 5.92 Å². The zero-order chi connectivity index (χ0) is 30.7. The first kappa shape index (κ1) is 31.4. The Bertz CT molecular complexity index is 1410. The van der Waals surface area contributed by atoms with Crippen LogP contribution in [0.4, 0.5) is 0 Å². The SMILES string of the molecule is CC(C)CCN1C[C@@H]2C[C@H]1C(=O)NC[C@H]1O[C@H](CCOc3cc(-c4ccc(S(C)(=O)=O)cc4)ccc3C(=O)N2)CC[C@@H]1O. The summed E-state index contributed by atoms with van der Waals surface area (Å²) in [4.78, 5) is 29.4. The molecule has 4 bridgehead atoms. The van der Waals surface area contributed by atoms with Crippen molar-refractivity contribution >= 4 is 21.7 Å². The van der Waals surface area contributed by atoms with E-state index in [0.29, 0.717) is 56.1 Å². The Kier molecular flexibility index (Phi) is 9.75. The van der Waals surface area contributed by atoms with Gasteiger partial charge in [-0.2, -0.15) is 0 Å². The van der Waals surface area contributed by atoms with Crippen LogP contribution in [0.5, 0.6) is 5.75 Å². The van der Waals surface area contributed by atoms with E-state index in [0.717, 1.165) is 24.1 Å². The second-order valence-corrected chi connectivity index (χ2v) is 14.4. The highest BCUT2D eigenvalue weighted by atomic mass is 32.2. The average molecular weight is 614 g/mol. The van der Waals surface area contributed by atoms with E-state index >= 15 is 0 Å². The zero-order valence-electron chi connectivity index (χ0n) is 25.1. The number of carbonyl (C=O) groups is 2. The standard InChI is InChI=1S/C32H43N3O7S/c1-20(2)12-14-35-19-23-17-27(35)32(38)33-18-30-28(36)11-7-24(42-30)13-15-41-29-16-22(6-10-26(29)31(37)34-23)21-4-8-25(9-5-21)43(3,39)40/h4-6,8-10,16,20,23-24,27-28,30,36H,7,11-15,17-19H2,1-3H3,(H,33,38)(H,34,37)/t23-,24-,27-,28-,30+/m0/s1. The Labute approximate surface area is 254 Å². The van der Waals surface area contributed by atoms with Crippen molar-refractivity contribution in [2.24, 2.45) is 5.92 Å². The maximum atomic E-state index is 13.6. The molecule has 11 heteroatoms. The number of amides is 2. The number of hydrogen-bond donors (Lipinski definition) is 3. The van der Waals surface area contributed by atoms with Crippen molar-refractivity contribution in [1.29, 1.82) is 0 Å². The van der Waals surface area contributed by atoms with Crippen LogP contribution in [0.2, 0.25) is 0 Å². The van der Waals surface area contributed by atoms with Gasteiger partial charge in [-0.15, -0.1) is 0 Å². The minimum atomic E-state index is -3.32. The van der Waals surface area contributed by atoms with Gasteiger partial charge in [-0.05, 0) is 73.5 Å². The summed E-state index contributed by atoms with van der Waals surface area (Å²) in [5.74, 6) is 0.516. The molecule has 2 aromatic carbocycles. The summed E-state index contributed by atoms with van der Waals surface area (Å²) >= 11 is 0. The number of fused-ring (bicyclic) bond motifs is 5. The molecule has 0 saturated carbocycles. The van der Waals surface area contributed by atoms with Crippen molar-refractivity contribution in [3.05, 3.63) is 48.0 Å². The van der Waals surface area contributed by atoms with Crippen LogP contribution in [0.3, 0.4) is 0 Å². The second kappa shape index (κ2) is 13.3. The van der Waals surface area contributed by atoms with Gasteiger partial charge in [-0.25, -0.2) is 8.42 Å². The Morgan fingerprint density at radius 3 is 2.51 bits per heavy atom. The molecule has 0 spiro atoms. The quantitative estimate of drug-likeness (QED) is 0.469. The van der Waals surface area contributed by atoms with Crippen LogP contribution >= 0.6 is 0 Å². The third-order valence-corrected chi connectivity index (χ3v) is 9.76. The van der Waals surface area contributed by atoms with Gasteiger partial charge in [0, 0.05) is 31.8 Å². The van der Waals surface area contributed by atoms with Crippen molar-refractivity contribution in [2.45, 2.75) is 81.2 Å². The van der Waals surface area contributed by atoms with Gasteiger partial charge in [0.2, 0.25) is 5.91 Å². The average Bonchev–Trinajstić information content (AvgIpc) is 3.37. The molecular weight excluding hydrogens is 570 g/mol. The maximum Gasteiger partial charge on any atom is 0.255 e. The maximum absolute atomic E-state index is 13.6. The summed E-state index contributed by atoms with van der Waals surface area (Å²) in [5.41, 5.74) is 1.97. The Morgan fingerprint density at radius 1 is 1.05 bits per heavy atom. The first-order chi connectivity index (χ1) is 20.5. The molecule has 2 aromatic rings. The van der Waals surface area contributed by atoms with Gasteiger partial charge < -0.3 is 25.2 Å². The van der Waals surface area contributed by atoms with Crippen LogP contribution in [0.25, 0.3) is 11.1 Å². The normalized spacial score (nSPS) is 27.2. The van der Waals surface area contributed by atoms with E-state index < -0.39 is 22.0 Å². The number of likely N-dealkylation sites (tertiary alicyclic amines) is 1. The summed E-state index contributed by atoms with van der Waals surface area (Å²) in [6, 6.07) is 11.4. The van der Waals surface area contributed by atoms with Gasteiger partial charge in [0.15, 0.2) is 9.84 Å². The molecule has 5 rings (SSSR count). The van der Waals surface area contributed by atoms with Crippen LogP contribution in [0.1, 0.15) is 56.3 Å². The van der Waals surface area contributed by atoms with E-state index in [1.54, 1.807) is 30.3 Å². The molecule has 5 atom stereocenters. The number of nitrogens with one attached hydrogen (secondary N) is 2. The smallest absolute Gasteiger partial charge is 0.255 e. The van der Waals surface area contributed by atoms with E-state index in [2.05, 4.69) is 29.4 Å². The van der Waals surface area contributed by atoms with E-state index in [1.165, 1.54) is 6.26 Å². The number of aliphatic hydroxyl groups is 1. The topological polar surface area (TPSA) is 134 Å². The molecule has 234 valence electrons. The summed E-state index contributed by atoms with van der Waals surface area (Å²) in [6.45, 7) is 6.12. The number of sulfone groups is 1. The number of ether oxygens (including phenoxy) is 2. The van der Waals surface area contributed by atoms with Crippen molar-refractivity contribution < 1.29 is 32.6 Å². The van der Waals surface area contributed by atoms with Gasteiger partial charge in [-0.1, -0.05) is 32.0 Å². The van der Waals surface area contributed by atoms with Crippen molar-refractivity contribution in [3.63, 3.8) is 0 Å². The molecule has 0 aromatic heterocycles. The molecule has 10 nitrogen and oxygen atoms in total. The van der Waals surface area contributed by atoms with Crippen molar-refractivity contribution in [2.75, 3.05) is 32.5 Å². The Morgan fingerprint density at radius 2 is 1.79 bits per heavy atom. The predicted octanol–water partition coefficient (Wildman–Crippen LogP) is 2.78. The molecule has 0 aliphatic carbocycles.